The number of hydrogen-bond acceptors (Lipinski definition) is 3. The van der Waals surface area contributed by atoms with Crippen molar-refractivity contribution in [3.8, 4) is 44.9 Å². The monoisotopic (exact) mass is 570 g/mol. The van der Waals surface area contributed by atoms with Gasteiger partial charge in [0.25, 0.3) is 0 Å². The lowest BCUT2D eigenvalue weighted by atomic mass is 9.84. The van der Waals surface area contributed by atoms with Crippen LogP contribution in [0.4, 0.5) is 4.53 Å². The first-order chi connectivity index (χ1) is 21.7. The van der Waals surface area contributed by atoms with Crippen molar-refractivity contribution in [3.63, 3.8) is 0 Å². The Labute approximate surface area is 251 Å². The molecule has 0 atom stereocenters. The van der Waals surface area contributed by atoms with Crippen molar-refractivity contribution in [1.29, 1.82) is 0 Å². The van der Waals surface area contributed by atoms with Crippen molar-refractivity contribution in [2.45, 2.75) is 0 Å². The third kappa shape index (κ3) is 3.61. The maximum absolute atomic E-state index is 12.9. The van der Waals surface area contributed by atoms with E-state index in [1.807, 2.05) is 42.5 Å². The molecule has 3 nitrogen and oxygen atoms in total. The third-order valence-corrected chi connectivity index (χ3v) is 8.86. The quantitative estimate of drug-likeness (QED) is 0.214. The molecule has 208 valence electrons. The van der Waals surface area contributed by atoms with Crippen LogP contribution in [0.5, 0.6) is 11.5 Å². The lowest BCUT2D eigenvalue weighted by molar-refractivity contribution is -0.00618. The molecule has 0 amide bonds. The van der Waals surface area contributed by atoms with Gasteiger partial charge in [-0.2, -0.15) is 0 Å². The Bertz CT molecular complexity index is 2510. The van der Waals surface area contributed by atoms with Crippen LogP contribution in [0.2, 0.25) is 0 Å². The number of rotatable bonds is 4. The van der Waals surface area contributed by atoms with Crippen LogP contribution < -0.4 is 4.94 Å². The van der Waals surface area contributed by atoms with Crippen molar-refractivity contribution >= 4 is 54.3 Å². The van der Waals surface area contributed by atoms with Crippen LogP contribution in [0.15, 0.2) is 138 Å². The highest BCUT2D eigenvalue weighted by Crippen LogP contribution is 2.46. The van der Waals surface area contributed by atoms with Gasteiger partial charge in [0.05, 0.1) is 0 Å². The maximum atomic E-state index is 12.9. The zero-order chi connectivity index (χ0) is 29.4. The van der Waals surface area contributed by atoms with Crippen LogP contribution in [-0.4, -0.2) is 5.11 Å². The minimum Gasteiger partial charge on any atom is -0.508 e. The second-order valence-electron chi connectivity index (χ2n) is 11.3. The number of phenols is 1. The molecular weight excluding hydrogens is 547 g/mol. The van der Waals surface area contributed by atoms with Crippen LogP contribution >= 0.6 is 0 Å². The van der Waals surface area contributed by atoms with E-state index < -0.39 is 0 Å². The average Bonchev–Trinajstić information content (AvgIpc) is 3.46. The Morgan fingerprint density at radius 2 is 1.14 bits per heavy atom. The Balaban J connectivity index is 1.34. The van der Waals surface area contributed by atoms with Crippen molar-refractivity contribution in [1.82, 2.24) is 0 Å². The SMILES string of the molecule is Oc1ccc(-c2cc(-c3ccc(OF)cc3)c3ccc4cc(-c5cccc6c5oc5ccccc56)cc5ccc2c3c54)cc1. The summed E-state index contributed by atoms with van der Waals surface area (Å²) in [5.41, 5.74) is 7.99. The van der Waals surface area contributed by atoms with Crippen molar-refractivity contribution in [2.75, 3.05) is 0 Å². The lowest BCUT2D eigenvalue weighted by Gasteiger charge is -2.19. The predicted molar refractivity (Wildman–Crippen MR) is 177 cm³/mol. The minimum absolute atomic E-state index is 0.164. The molecule has 0 aliphatic rings. The fourth-order valence-corrected chi connectivity index (χ4v) is 6.85. The van der Waals surface area contributed by atoms with E-state index >= 15 is 0 Å². The van der Waals surface area contributed by atoms with E-state index in [4.69, 9.17) is 4.42 Å². The molecule has 9 rings (SSSR count). The van der Waals surface area contributed by atoms with E-state index in [1.165, 1.54) is 10.8 Å². The van der Waals surface area contributed by atoms with Crippen LogP contribution in [0.25, 0.3) is 87.6 Å². The number of hydrogen-bond donors (Lipinski definition) is 1. The fraction of sp³-hybridized carbons (Fsp3) is 0. The van der Waals surface area contributed by atoms with E-state index in [0.717, 1.165) is 76.9 Å². The topological polar surface area (TPSA) is 42.6 Å². The fourth-order valence-electron chi connectivity index (χ4n) is 6.85. The van der Waals surface area contributed by atoms with Gasteiger partial charge in [-0.3, -0.25) is 4.94 Å². The summed E-state index contributed by atoms with van der Waals surface area (Å²) in [6.07, 6.45) is 0. The molecule has 1 N–H and O–H groups in total. The Morgan fingerprint density at radius 3 is 1.82 bits per heavy atom. The van der Waals surface area contributed by atoms with Gasteiger partial charge < -0.3 is 9.52 Å². The standard InChI is InChI=1S/C40H23FO3/c41-44-29-16-10-24(11-17-29)36-22-35(23-8-14-28(42)15-9-23)32-18-12-25-20-27(21-26-13-19-33(36)39(32)38(25)26)30-5-3-6-34-31-4-1-2-7-37(31)43-40(30)34/h1-22,42H. The Kier molecular flexibility index (Phi) is 5.23. The molecule has 4 heteroatoms. The van der Waals surface area contributed by atoms with Gasteiger partial charge >= 0.3 is 0 Å². The van der Waals surface area contributed by atoms with Crippen LogP contribution in [-0.2, 0) is 0 Å². The zero-order valence-electron chi connectivity index (χ0n) is 23.3. The molecule has 0 spiro atoms. The van der Waals surface area contributed by atoms with Gasteiger partial charge in [0.1, 0.15) is 16.9 Å². The molecule has 0 bridgehead atoms. The number of para-hydroxylation sites is 2. The Morgan fingerprint density at radius 1 is 0.500 bits per heavy atom. The summed E-state index contributed by atoms with van der Waals surface area (Å²) in [5, 5.41) is 19.1. The molecule has 1 heterocycles. The van der Waals surface area contributed by atoms with E-state index in [-0.39, 0.29) is 11.5 Å². The summed E-state index contributed by atoms with van der Waals surface area (Å²) >= 11 is 0. The van der Waals surface area contributed by atoms with Crippen molar-refractivity contribution in [2.24, 2.45) is 0 Å². The van der Waals surface area contributed by atoms with Crippen molar-refractivity contribution in [3.05, 3.63) is 133 Å². The van der Waals surface area contributed by atoms with Crippen LogP contribution in [0, 0.1) is 0 Å². The minimum atomic E-state index is 0.164. The average molecular weight is 571 g/mol. The molecule has 0 aliphatic carbocycles. The number of halogens is 1. The van der Waals surface area contributed by atoms with E-state index in [1.54, 1.807) is 24.3 Å². The molecule has 0 saturated heterocycles. The third-order valence-electron chi connectivity index (χ3n) is 8.86. The normalized spacial score (nSPS) is 11.8. The first kappa shape index (κ1) is 24.7. The number of phenolic OH excluding ortho intramolecular Hbond substituents is 1. The first-order valence-electron chi connectivity index (χ1n) is 14.5. The first-order valence-corrected chi connectivity index (χ1v) is 14.5. The maximum Gasteiger partial charge on any atom is 0.171 e. The highest BCUT2D eigenvalue weighted by molar-refractivity contribution is 6.29. The molecule has 0 aliphatic heterocycles. The van der Waals surface area contributed by atoms with E-state index in [0.29, 0.717) is 0 Å². The molecule has 9 aromatic rings. The van der Waals surface area contributed by atoms with Crippen molar-refractivity contribution < 1.29 is 19.0 Å². The lowest BCUT2D eigenvalue weighted by Crippen LogP contribution is -1.92. The number of benzene rings is 8. The highest BCUT2D eigenvalue weighted by atomic mass is 19.3. The summed E-state index contributed by atoms with van der Waals surface area (Å²) in [5.74, 6) is 0.387. The second-order valence-corrected chi connectivity index (χ2v) is 11.3. The number of aromatic hydroxyl groups is 1. The molecular formula is C40H23FO3. The molecule has 44 heavy (non-hydrogen) atoms. The number of fused-ring (bicyclic) bond motifs is 3. The number of furan rings is 1. The van der Waals surface area contributed by atoms with Gasteiger partial charge in [0.15, 0.2) is 5.75 Å². The Hall–Kier alpha value is -5.87. The summed E-state index contributed by atoms with van der Waals surface area (Å²) in [6, 6.07) is 44.3. The van der Waals surface area contributed by atoms with E-state index in [9.17, 15) is 9.63 Å². The molecule has 0 radical (unpaired) electrons. The van der Waals surface area contributed by atoms with Gasteiger partial charge in [0.2, 0.25) is 0 Å². The largest absolute Gasteiger partial charge is 0.508 e. The summed E-state index contributed by atoms with van der Waals surface area (Å²) in [4.78, 5) is 3.95. The van der Waals surface area contributed by atoms with Crippen LogP contribution in [0.3, 0.4) is 0 Å². The molecule has 0 unspecified atom stereocenters. The summed E-state index contributed by atoms with van der Waals surface area (Å²) in [6.45, 7) is 0. The molecule has 8 aromatic carbocycles. The van der Waals surface area contributed by atoms with Gasteiger partial charge in [-0.15, -0.1) is 0 Å². The van der Waals surface area contributed by atoms with Gasteiger partial charge in [-0.25, -0.2) is 0 Å². The highest BCUT2D eigenvalue weighted by Gasteiger charge is 2.19. The second kappa shape index (κ2) is 9.32. The zero-order valence-corrected chi connectivity index (χ0v) is 23.3. The van der Waals surface area contributed by atoms with Crippen LogP contribution in [0.1, 0.15) is 0 Å². The molecule has 1 aromatic heterocycles. The van der Waals surface area contributed by atoms with Gasteiger partial charge in [0, 0.05) is 20.9 Å². The van der Waals surface area contributed by atoms with Gasteiger partial charge in [-0.1, -0.05) is 84.9 Å². The summed E-state index contributed by atoms with van der Waals surface area (Å²) in [7, 11) is 0. The van der Waals surface area contributed by atoms with Gasteiger partial charge in [-0.05, 0) is 109 Å². The summed E-state index contributed by atoms with van der Waals surface area (Å²) < 4.78 is 19.3. The predicted octanol–water partition coefficient (Wildman–Crippen LogP) is 11.5. The van der Waals surface area contributed by atoms with E-state index in [2.05, 4.69) is 71.7 Å². The smallest absolute Gasteiger partial charge is 0.171 e. The molecule has 0 saturated carbocycles. The molecule has 0 fully saturated rings.